The maximum atomic E-state index is 3.64. The van der Waals surface area contributed by atoms with E-state index in [-0.39, 0.29) is 0 Å². The smallest absolute Gasteiger partial charge is 0.0119 e. The van der Waals surface area contributed by atoms with Crippen LogP contribution in [0.1, 0.15) is 25.7 Å². The summed E-state index contributed by atoms with van der Waals surface area (Å²) in [5.74, 6) is 0.922. The average molecular weight is 154 g/mol. The van der Waals surface area contributed by atoms with Crippen molar-refractivity contribution in [1.82, 2.24) is 10.6 Å². The van der Waals surface area contributed by atoms with Gasteiger partial charge in [-0.05, 0) is 44.8 Å². The molecule has 0 aromatic rings. The van der Waals surface area contributed by atoms with Crippen molar-refractivity contribution in [1.29, 1.82) is 0 Å². The topological polar surface area (TPSA) is 24.1 Å². The van der Waals surface area contributed by atoms with E-state index in [9.17, 15) is 0 Å². The van der Waals surface area contributed by atoms with E-state index in [0.717, 1.165) is 12.0 Å². The molecule has 0 saturated carbocycles. The zero-order chi connectivity index (χ0) is 7.52. The first-order chi connectivity index (χ1) is 5.47. The molecule has 11 heavy (non-hydrogen) atoms. The number of hydrogen-bond acceptors (Lipinski definition) is 2. The van der Waals surface area contributed by atoms with Crippen molar-refractivity contribution in [3.8, 4) is 0 Å². The summed E-state index contributed by atoms with van der Waals surface area (Å²) in [5.41, 5.74) is 0. The fourth-order valence-corrected chi connectivity index (χ4v) is 2.31. The van der Waals surface area contributed by atoms with Gasteiger partial charge < -0.3 is 10.6 Å². The van der Waals surface area contributed by atoms with Crippen LogP contribution < -0.4 is 10.6 Å². The maximum absolute atomic E-state index is 3.64. The summed E-state index contributed by atoms with van der Waals surface area (Å²) < 4.78 is 0. The van der Waals surface area contributed by atoms with Crippen LogP contribution in [0, 0.1) is 5.92 Å². The molecule has 2 heterocycles. The molecule has 0 radical (unpaired) electrons. The molecule has 0 unspecified atom stereocenters. The molecule has 0 bridgehead atoms. The number of piperidine rings is 1. The molecule has 0 aliphatic carbocycles. The first-order valence-corrected chi connectivity index (χ1v) is 4.91. The van der Waals surface area contributed by atoms with Gasteiger partial charge in [-0.2, -0.15) is 0 Å². The minimum Gasteiger partial charge on any atom is -0.316 e. The maximum Gasteiger partial charge on any atom is 0.0119 e. The summed E-state index contributed by atoms with van der Waals surface area (Å²) in [7, 11) is 0. The normalized spacial score (nSPS) is 39.3. The fraction of sp³-hybridized carbons (Fsp3) is 1.00. The van der Waals surface area contributed by atoms with Gasteiger partial charge in [0.2, 0.25) is 0 Å². The molecule has 2 heteroatoms. The lowest BCUT2D eigenvalue weighted by atomic mass is 9.90. The van der Waals surface area contributed by atoms with Crippen LogP contribution in [0.4, 0.5) is 0 Å². The summed E-state index contributed by atoms with van der Waals surface area (Å²) in [6.07, 6.45) is 5.58. The van der Waals surface area contributed by atoms with Crippen LogP contribution in [0.2, 0.25) is 0 Å². The molecular weight excluding hydrogens is 136 g/mol. The van der Waals surface area contributed by atoms with E-state index in [1.165, 1.54) is 45.3 Å². The van der Waals surface area contributed by atoms with E-state index in [0.29, 0.717) is 0 Å². The van der Waals surface area contributed by atoms with Gasteiger partial charge in [0.15, 0.2) is 0 Å². The molecule has 2 saturated heterocycles. The number of hydrogen-bond donors (Lipinski definition) is 2. The molecule has 0 amide bonds. The van der Waals surface area contributed by atoms with Crippen LogP contribution in [0.25, 0.3) is 0 Å². The zero-order valence-electron chi connectivity index (χ0n) is 7.10. The summed E-state index contributed by atoms with van der Waals surface area (Å²) in [6, 6.07) is 0.832. The molecule has 0 spiro atoms. The molecule has 2 nitrogen and oxygen atoms in total. The van der Waals surface area contributed by atoms with Gasteiger partial charge in [-0.25, -0.2) is 0 Å². The highest BCUT2D eigenvalue weighted by molar-refractivity contribution is 4.84. The highest BCUT2D eigenvalue weighted by Gasteiger charge is 2.25. The molecule has 2 aliphatic heterocycles. The monoisotopic (exact) mass is 154 g/mol. The van der Waals surface area contributed by atoms with Gasteiger partial charge in [-0.1, -0.05) is 6.42 Å². The first-order valence-electron chi connectivity index (χ1n) is 4.91. The minimum absolute atomic E-state index is 0.832. The average Bonchev–Trinajstić information content (AvgIpc) is 2.28. The van der Waals surface area contributed by atoms with Crippen molar-refractivity contribution in [2.75, 3.05) is 19.6 Å². The molecule has 2 N–H and O–H groups in total. The van der Waals surface area contributed by atoms with Crippen LogP contribution in [-0.2, 0) is 0 Å². The largest absolute Gasteiger partial charge is 0.316 e. The van der Waals surface area contributed by atoms with Crippen molar-refractivity contribution in [3.05, 3.63) is 0 Å². The van der Waals surface area contributed by atoms with Crippen LogP contribution in [0.5, 0.6) is 0 Å². The van der Waals surface area contributed by atoms with Gasteiger partial charge in [0.05, 0.1) is 0 Å². The van der Waals surface area contributed by atoms with Crippen LogP contribution in [0.15, 0.2) is 0 Å². The first kappa shape index (κ1) is 7.56. The Labute approximate surface area is 68.7 Å². The van der Waals surface area contributed by atoms with Gasteiger partial charge >= 0.3 is 0 Å². The lowest BCUT2D eigenvalue weighted by Gasteiger charge is -2.30. The van der Waals surface area contributed by atoms with Crippen molar-refractivity contribution in [2.24, 2.45) is 5.92 Å². The molecule has 0 aromatic heterocycles. The predicted octanol–water partition coefficient (Wildman–Crippen LogP) is 0.738. The molecule has 2 atom stereocenters. The Morgan fingerprint density at radius 3 is 3.00 bits per heavy atom. The third kappa shape index (κ3) is 1.74. The molecule has 64 valence electrons. The van der Waals surface area contributed by atoms with Crippen LogP contribution in [0.3, 0.4) is 0 Å². The SMILES string of the molecule is C1CC[C@@H]2CNCC[C@H]2NC1. The lowest BCUT2D eigenvalue weighted by molar-refractivity contribution is 0.284. The van der Waals surface area contributed by atoms with Crippen LogP contribution in [-0.4, -0.2) is 25.7 Å². The minimum atomic E-state index is 0.832. The van der Waals surface area contributed by atoms with Crippen LogP contribution >= 0.6 is 0 Å². The fourth-order valence-electron chi connectivity index (χ4n) is 2.31. The van der Waals surface area contributed by atoms with E-state index in [4.69, 9.17) is 0 Å². The summed E-state index contributed by atoms with van der Waals surface area (Å²) in [5, 5.41) is 7.12. The molecular formula is C9H18N2. The zero-order valence-corrected chi connectivity index (χ0v) is 7.10. The second-order valence-electron chi connectivity index (χ2n) is 3.81. The highest BCUT2D eigenvalue weighted by atomic mass is 15.0. The van der Waals surface area contributed by atoms with Gasteiger partial charge in [0.1, 0.15) is 0 Å². The third-order valence-corrected chi connectivity index (χ3v) is 3.02. The molecule has 0 aromatic carbocycles. The van der Waals surface area contributed by atoms with Crippen molar-refractivity contribution in [3.63, 3.8) is 0 Å². The molecule has 2 rings (SSSR count). The van der Waals surface area contributed by atoms with E-state index < -0.39 is 0 Å². The molecule has 2 fully saturated rings. The Bertz CT molecular complexity index is 111. The second kappa shape index (κ2) is 3.55. The summed E-state index contributed by atoms with van der Waals surface area (Å²) in [6.45, 7) is 3.72. The van der Waals surface area contributed by atoms with Gasteiger partial charge in [-0.3, -0.25) is 0 Å². The van der Waals surface area contributed by atoms with E-state index in [2.05, 4.69) is 10.6 Å². The number of rotatable bonds is 0. The standard InChI is InChI=1S/C9H18N2/c1-2-5-11-9-4-6-10-7-8(9)3-1/h8-11H,1-7H2/t8-,9-/m1/s1. The highest BCUT2D eigenvalue weighted by Crippen LogP contribution is 2.20. The summed E-state index contributed by atoms with van der Waals surface area (Å²) >= 11 is 0. The Morgan fingerprint density at radius 2 is 2.00 bits per heavy atom. The van der Waals surface area contributed by atoms with Crippen molar-refractivity contribution < 1.29 is 0 Å². The van der Waals surface area contributed by atoms with Crippen molar-refractivity contribution in [2.45, 2.75) is 31.7 Å². The molecule has 2 aliphatic rings. The number of nitrogens with one attached hydrogen (secondary N) is 2. The Hall–Kier alpha value is -0.0800. The second-order valence-corrected chi connectivity index (χ2v) is 3.81. The van der Waals surface area contributed by atoms with Gasteiger partial charge in [0, 0.05) is 6.04 Å². The van der Waals surface area contributed by atoms with Gasteiger partial charge in [-0.15, -0.1) is 0 Å². The Kier molecular flexibility index (Phi) is 2.44. The Morgan fingerprint density at radius 1 is 1.00 bits per heavy atom. The Balaban J connectivity index is 1.93. The summed E-state index contributed by atoms with van der Waals surface area (Å²) in [4.78, 5) is 0. The number of fused-ring (bicyclic) bond motifs is 1. The lowest BCUT2D eigenvalue weighted by Crippen LogP contribution is -2.46. The van der Waals surface area contributed by atoms with Gasteiger partial charge in [0.25, 0.3) is 0 Å². The van der Waals surface area contributed by atoms with Crippen molar-refractivity contribution >= 4 is 0 Å². The van der Waals surface area contributed by atoms with E-state index in [1.54, 1.807) is 0 Å². The quantitative estimate of drug-likeness (QED) is 0.538. The third-order valence-electron chi connectivity index (χ3n) is 3.02. The predicted molar refractivity (Wildman–Crippen MR) is 46.6 cm³/mol. The van der Waals surface area contributed by atoms with E-state index >= 15 is 0 Å². The van der Waals surface area contributed by atoms with E-state index in [1.807, 2.05) is 0 Å².